The molecule has 0 aliphatic heterocycles. The van der Waals surface area contributed by atoms with E-state index >= 15 is 0 Å². The molecule has 1 aromatic rings. The van der Waals surface area contributed by atoms with Gasteiger partial charge in [-0.15, -0.1) is 0 Å². The molecule has 0 bridgehead atoms. The zero-order valence-electron chi connectivity index (χ0n) is 12.0. The quantitative estimate of drug-likeness (QED) is 0.766. The van der Waals surface area contributed by atoms with Gasteiger partial charge in [-0.25, -0.2) is 0 Å². The van der Waals surface area contributed by atoms with Crippen LogP contribution in [-0.4, -0.2) is 45.3 Å². The Morgan fingerprint density at radius 1 is 1.28 bits per heavy atom. The van der Waals surface area contributed by atoms with E-state index in [-0.39, 0.29) is 0 Å². The van der Waals surface area contributed by atoms with Crippen LogP contribution in [0.2, 0.25) is 0 Å². The van der Waals surface area contributed by atoms with E-state index < -0.39 is 0 Å². The van der Waals surface area contributed by atoms with Crippen molar-refractivity contribution in [3.63, 3.8) is 0 Å². The number of likely N-dealkylation sites (N-methyl/N-ethyl adjacent to an activating group) is 2. The van der Waals surface area contributed by atoms with Crippen molar-refractivity contribution in [2.24, 2.45) is 0 Å². The van der Waals surface area contributed by atoms with E-state index in [0.717, 1.165) is 19.6 Å². The number of rotatable bonds is 8. The second kappa shape index (κ2) is 8.25. The first-order chi connectivity index (χ1) is 8.74. The summed E-state index contributed by atoms with van der Waals surface area (Å²) in [7, 11) is 5.95. The van der Waals surface area contributed by atoms with Crippen molar-refractivity contribution < 1.29 is 4.74 Å². The molecule has 0 radical (unpaired) electrons. The van der Waals surface area contributed by atoms with Crippen LogP contribution >= 0.6 is 0 Å². The van der Waals surface area contributed by atoms with Crippen LogP contribution in [0.25, 0.3) is 0 Å². The Hall–Kier alpha value is -0.900. The standard InChI is InChI=1S/C15H26N2O/c1-5-14(17(3)11-12-18-4)15(16-2)13-9-7-6-8-10-13/h6-10,14-16H,5,11-12H2,1-4H3. The summed E-state index contributed by atoms with van der Waals surface area (Å²) in [6.07, 6.45) is 1.11. The van der Waals surface area contributed by atoms with E-state index in [9.17, 15) is 0 Å². The Balaban J connectivity index is 2.77. The molecule has 0 aliphatic carbocycles. The van der Waals surface area contributed by atoms with Crippen molar-refractivity contribution in [1.82, 2.24) is 10.2 Å². The lowest BCUT2D eigenvalue weighted by molar-refractivity contribution is 0.122. The van der Waals surface area contributed by atoms with Crippen LogP contribution in [0.1, 0.15) is 24.9 Å². The molecule has 0 saturated heterocycles. The molecule has 2 unspecified atom stereocenters. The molecule has 0 aliphatic rings. The fourth-order valence-corrected chi connectivity index (χ4v) is 2.44. The molecule has 102 valence electrons. The van der Waals surface area contributed by atoms with Gasteiger partial charge in [0.1, 0.15) is 0 Å². The Morgan fingerprint density at radius 3 is 2.44 bits per heavy atom. The molecular formula is C15H26N2O. The lowest BCUT2D eigenvalue weighted by Crippen LogP contribution is -2.42. The molecule has 1 N–H and O–H groups in total. The normalized spacial score (nSPS) is 14.7. The SMILES string of the molecule is CCC(C(NC)c1ccccc1)N(C)CCOC. The number of nitrogens with zero attached hydrogens (tertiary/aromatic N) is 1. The van der Waals surface area contributed by atoms with Gasteiger partial charge in [0.25, 0.3) is 0 Å². The second-order valence-electron chi connectivity index (χ2n) is 4.63. The van der Waals surface area contributed by atoms with Gasteiger partial charge in [0.2, 0.25) is 0 Å². The molecule has 0 aromatic heterocycles. The Kier molecular flexibility index (Phi) is 6.94. The van der Waals surface area contributed by atoms with E-state index in [0.29, 0.717) is 12.1 Å². The summed E-state index contributed by atoms with van der Waals surface area (Å²) in [5.74, 6) is 0. The molecular weight excluding hydrogens is 224 g/mol. The number of methoxy groups -OCH3 is 1. The van der Waals surface area contributed by atoms with Crippen molar-refractivity contribution in [3.8, 4) is 0 Å². The van der Waals surface area contributed by atoms with Crippen molar-refractivity contribution in [3.05, 3.63) is 35.9 Å². The highest BCUT2D eigenvalue weighted by Gasteiger charge is 2.23. The zero-order valence-corrected chi connectivity index (χ0v) is 12.0. The highest BCUT2D eigenvalue weighted by molar-refractivity contribution is 5.20. The smallest absolute Gasteiger partial charge is 0.0589 e. The third-order valence-corrected chi connectivity index (χ3v) is 3.49. The van der Waals surface area contributed by atoms with E-state index in [4.69, 9.17) is 4.74 Å². The third-order valence-electron chi connectivity index (χ3n) is 3.49. The second-order valence-corrected chi connectivity index (χ2v) is 4.63. The molecule has 0 heterocycles. The molecule has 2 atom stereocenters. The molecule has 0 fully saturated rings. The van der Waals surface area contributed by atoms with E-state index in [1.807, 2.05) is 7.05 Å². The van der Waals surface area contributed by atoms with Crippen LogP contribution < -0.4 is 5.32 Å². The van der Waals surface area contributed by atoms with Gasteiger partial charge in [0.15, 0.2) is 0 Å². The van der Waals surface area contributed by atoms with Gasteiger partial charge in [-0.1, -0.05) is 37.3 Å². The summed E-state index contributed by atoms with van der Waals surface area (Å²) >= 11 is 0. The maximum absolute atomic E-state index is 5.16. The van der Waals surface area contributed by atoms with Gasteiger partial charge in [0, 0.05) is 25.7 Å². The van der Waals surface area contributed by atoms with Crippen molar-refractivity contribution in [1.29, 1.82) is 0 Å². The van der Waals surface area contributed by atoms with E-state index in [1.54, 1.807) is 7.11 Å². The first-order valence-corrected chi connectivity index (χ1v) is 6.66. The number of hydrogen-bond donors (Lipinski definition) is 1. The third kappa shape index (κ3) is 4.09. The number of hydrogen-bond acceptors (Lipinski definition) is 3. The Morgan fingerprint density at radius 2 is 1.94 bits per heavy atom. The van der Waals surface area contributed by atoms with Gasteiger partial charge in [-0.05, 0) is 26.1 Å². The summed E-state index contributed by atoms with van der Waals surface area (Å²) in [5.41, 5.74) is 1.34. The van der Waals surface area contributed by atoms with Crippen LogP contribution in [0.3, 0.4) is 0 Å². The molecule has 1 rings (SSSR count). The van der Waals surface area contributed by atoms with Crippen LogP contribution in [-0.2, 0) is 4.74 Å². The van der Waals surface area contributed by atoms with E-state index in [2.05, 4.69) is 54.5 Å². The monoisotopic (exact) mass is 250 g/mol. The maximum Gasteiger partial charge on any atom is 0.0589 e. The molecule has 18 heavy (non-hydrogen) atoms. The van der Waals surface area contributed by atoms with Crippen molar-refractivity contribution >= 4 is 0 Å². The van der Waals surface area contributed by atoms with Crippen molar-refractivity contribution in [2.45, 2.75) is 25.4 Å². The molecule has 3 nitrogen and oxygen atoms in total. The van der Waals surface area contributed by atoms with Gasteiger partial charge >= 0.3 is 0 Å². The van der Waals surface area contributed by atoms with Crippen LogP contribution in [0.5, 0.6) is 0 Å². The topological polar surface area (TPSA) is 24.5 Å². The van der Waals surface area contributed by atoms with Gasteiger partial charge in [0.05, 0.1) is 6.61 Å². The molecule has 3 heteroatoms. The lowest BCUT2D eigenvalue weighted by atomic mass is 9.96. The van der Waals surface area contributed by atoms with Crippen molar-refractivity contribution in [2.75, 3.05) is 34.4 Å². The van der Waals surface area contributed by atoms with Crippen LogP contribution in [0.4, 0.5) is 0 Å². The first kappa shape index (κ1) is 15.2. The molecule has 0 saturated carbocycles. The minimum Gasteiger partial charge on any atom is -0.383 e. The highest BCUT2D eigenvalue weighted by Crippen LogP contribution is 2.22. The number of nitrogens with one attached hydrogen (secondary N) is 1. The largest absolute Gasteiger partial charge is 0.383 e. The first-order valence-electron chi connectivity index (χ1n) is 6.66. The summed E-state index contributed by atoms with van der Waals surface area (Å²) in [6.45, 7) is 3.97. The Bertz CT molecular complexity index is 316. The fourth-order valence-electron chi connectivity index (χ4n) is 2.44. The number of ether oxygens (including phenoxy) is 1. The Labute approximate surface area is 111 Å². The average Bonchev–Trinajstić information content (AvgIpc) is 2.42. The molecule has 1 aromatic carbocycles. The van der Waals surface area contributed by atoms with Crippen LogP contribution in [0.15, 0.2) is 30.3 Å². The predicted molar refractivity (Wildman–Crippen MR) is 76.8 cm³/mol. The summed E-state index contributed by atoms with van der Waals surface area (Å²) in [5, 5.41) is 3.44. The van der Waals surface area contributed by atoms with Gasteiger partial charge in [-0.2, -0.15) is 0 Å². The number of benzene rings is 1. The fraction of sp³-hybridized carbons (Fsp3) is 0.600. The lowest BCUT2D eigenvalue weighted by Gasteiger charge is -2.34. The van der Waals surface area contributed by atoms with Gasteiger partial charge < -0.3 is 10.1 Å². The van der Waals surface area contributed by atoms with Gasteiger partial charge in [-0.3, -0.25) is 4.90 Å². The minimum absolute atomic E-state index is 0.359. The molecule has 0 amide bonds. The summed E-state index contributed by atoms with van der Waals surface area (Å²) in [6, 6.07) is 11.5. The molecule has 0 spiro atoms. The van der Waals surface area contributed by atoms with E-state index in [1.165, 1.54) is 5.56 Å². The summed E-state index contributed by atoms with van der Waals surface area (Å²) < 4.78 is 5.16. The van der Waals surface area contributed by atoms with Crippen LogP contribution in [0, 0.1) is 0 Å². The predicted octanol–water partition coefficient (Wildman–Crippen LogP) is 2.30. The summed E-state index contributed by atoms with van der Waals surface area (Å²) in [4.78, 5) is 2.37. The maximum atomic E-state index is 5.16. The highest BCUT2D eigenvalue weighted by atomic mass is 16.5. The average molecular weight is 250 g/mol. The minimum atomic E-state index is 0.359. The zero-order chi connectivity index (χ0) is 13.4.